The summed E-state index contributed by atoms with van der Waals surface area (Å²) >= 11 is 0. The van der Waals surface area contributed by atoms with Crippen molar-refractivity contribution in [2.24, 2.45) is 17.8 Å². The highest BCUT2D eigenvalue weighted by atomic mass is 19.3. The Labute approximate surface area is 191 Å². The summed E-state index contributed by atoms with van der Waals surface area (Å²) in [5.74, 6) is 2.92. The molecule has 0 amide bonds. The molecule has 0 unspecified atom stereocenters. The molecule has 1 aromatic rings. The second-order valence-electron chi connectivity index (χ2n) is 10.2. The van der Waals surface area contributed by atoms with Crippen LogP contribution < -0.4 is 4.74 Å². The Morgan fingerprint density at radius 1 is 0.781 bits per heavy atom. The Kier molecular flexibility index (Phi) is 9.73. The van der Waals surface area contributed by atoms with Gasteiger partial charge in [-0.1, -0.05) is 83.3 Å². The number of alkyl halides is 4. The molecule has 2 saturated carbocycles. The largest absolute Gasteiger partial charge is 0.461 e. The van der Waals surface area contributed by atoms with E-state index >= 15 is 0 Å². The van der Waals surface area contributed by atoms with Crippen molar-refractivity contribution in [3.63, 3.8) is 0 Å². The minimum Gasteiger partial charge on any atom is -0.428 e. The zero-order valence-electron chi connectivity index (χ0n) is 19.5. The standard InChI is InChI=1S/C27H40F4O/c1-2-3-4-5-20-6-8-21(9-7-20)10-11-22-12-14-23(15-13-22)24-16-18-25(19-17-24)32-27(30,31)26(28)29/h16-23,26H,2-15H2,1H3. The minimum absolute atomic E-state index is 0.215. The molecule has 0 aromatic heterocycles. The van der Waals surface area contributed by atoms with Crippen molar-refractivity contribution >= 4 is 0 Å². The average molecular weight is 457 g/mol. The monoisotopic (exact) mass is 456 g/mol. The first kappa shape index (κ1) is 25.4. The number of hydrogen-bond acceptors (Lipinski definition) is 1. The molecule has 0 N–H and O–H groups in total. The molecule has 2 aliphatic carbocycles. The van der Waals surface area contributed by atoms with E-state index in [2.05, 4.69) is 11.7 Å². The van der Waals surface area contributed by atoms with Gasteiger partial charge in [-0.25, -0.2) is 0 Å². The van der Waals surface area contributed by atoms with Crippen LogP contribution >= 0.6 is 0 Å². The summed E-state index contributed by atoms with van der Waals surface area (Å²) in [6.45, 7) is 2.28. The van der Waals surface area contributed by atoms with E-state index in [-0.39, 0.29) is 5.75 Å². The van der Waals surface area contributed by atoms with E-state index in [9.17, 15) is 17.6 Å². The Hall–Kier alpha value is -1.26. The van der Waals surface area contributed by atoms with Gasteiger partial charge in [-0.15, -0.1) is 0 Å². The molecular formula is C27H40F4O. The van der Waals surface area contributed by atoms with E-state index in [1.54, 1.807) is 12.1 Å². The van der Waals surface area contributed by atoms with Crippen molar-refractivity contribution in [2.75, 3.05) is 0 Å². The molecule has 0 saturated heterocycles. The lowest BCUT2D eigenvalue weighted by Gasteiger charge is -2.32. The van der Waals surface area contributed by atoms with Gasteiger partial charge in [-0.2, -0.15) is 17.6 Å². The minimum atomic E-state index is -4.45. The topological polar surface area (TPSA) is 9.23 Å². The number of rotatable bonds is 11. The zero-order chi connectivity index (χ0) is 23.0. The van der Waals surface area contributed by atoms with Crippen LogP contribution in [0.15, 0.2) is 24.3 Å². The lowest BCUT2D eigenvalue weighted by Crippen LogP contribution is -2.33. The molecule has 1 aromatic carbocycles. The van der Waals surface area contributed by atoms with Crippen LogP contribution in [0.2, 0.25) is 0 Å². The molecule has 3 rings (SSSR count). The van der Waals surface area contributed by atoms with Crippen LogP contribution in [0.3, 0.4) is 0 Å². The Balaban J connectivity index is 1.34. The van der Waals surface area contributed by atoms with Crippen LogP contribution in [0.1, 0.15) is 108 Å². The van der Waals surface area contributed by atoms with Crippen molar-refractivity contribution in [2.45, 2.75) is 115 Å². The molecule has 2 fully saturated rings. The molecule has 32 heavy (non-hydrogen) atoms. The molecule has 182 valence electrons. The van der Waals surface area contributed by atoms with Gasteiger partial charge in [-0.05, 0) is 67.1 Å². The van der Waals surface area contributed by atoms with Crippen LogP contribution in [-0.2, 0) is 0 Å². The quantitative estimate of drug-likeness (QED) is 0.238. The van der Waals surface area contributed by atoms with E-state index in [4.69, 9.17) is 0 Å². The molecule has 0 heterocycles. The fraction of sp³-hybridized carbons (Fsp3) is 0.778. The molecule has 0 spiro atoms. The Morgan fingerprint density at radius 2 is 1.28 bits per heavy atom. The highest BCUT2D eigenvalue weighted by Crippen LogP contribution is 2.41. The maximum Gasteiger partial charge on any atom is 0.461 e. The lowest BCUT2D eigenvalue weighted by molar-refractivity contribution is -0.253. The smallest absolute Gasteiger partial charge is 0.428 e. The van der Waals surface area contributed by atoms with Gasteiger partial charge in [0.25, 0.3) is 0 Å². The Bertz CT molecular complexity index is 644. The molecular weight excluding hydrogens is 416 g/mol. The predicted molar refractivity (Wildman–Crippen MR) is 122 cm³/mol. The summed E-state index contributed by atoms with van der Waals surface area (Å²) in [6.07, 6.45) is 10.4. The van der Waals surface area contributed by atoms with Gasteiger partial charge in [-0.3, -0.25) is 0 Å². The number of unbranched alkanes of at least 4 members (excludes halogenated alkanes) is 2. The third-order valence-electron chi connectivity index (χ3n) is 7.87. The maximum atomic E-state index is 13.0. The highest BCUT2D eigenvalue weighted by Gasteiger charge is 2.44. The van der Waals surface area contributed by atoms with Gasteiger partial charge in [0.1, 0.15) is 5.75 Å². The van der Waals surface area contributed by atoms with Gasteiger partial charge in [0.2, 0.25) is 0 Å². The van der Waals surface area contributed by atoms with Gasteiger partial charge in [0.05, 0.1) is 0 Å². The van der Waals surface area contributed by atoms with E-state index in [0.717, 1.165) is 36.2 Å². The number of ether oxygens (including phenoxy) is 1. The molecule has 5 heteroatoms. The molecule has 0 atom stereocenters. The first-order valence-corrected chi connectivity index (χ1v) is 12.8. The van der Waals surface area contributed by atoms with Gasteiger partial charge in [0.15, 0.2) is 0 Å². The molecule has 2 aliphatic rings. The van der Waals surface area contributed by atoms with Crippen molar-refractivity contribution in [3.05, 3.63) is 29.8 Å². The summed E-state index contributed by atoms with van der Waals surface area (Å²) in [5.41, 5.74) is 1.09. The second kappa shape index (κ2) is 12.3. The van der Waals surface area contributed by atoms with Crippen LogP contribution in [0.5, 0.6) is 5.75 Å². The highest BCUT2D eigenvalue weighted by molar-refractivity contribution is 5.30. The van der Waals surface area contributed by atoms with Crippen molar-refractivity contribution in [3.8, 4) is 5.75 Å². The summed E-state index contributed by atoms with van der Waals surface area (Å²) < 4.78 is 54.8. The molecule has 0 bridgehead atoms. The van der Waals surface area contributed by atoms with E-state index in [0.29, 0.717) is 5.92 Å². The first-order chi connectivity index (χ1) is 15.4. The van der Waals surface area contributed by atoms with Gasteiger partial charge in [0, 0.05) is 0 Å². The van der Waals surface area contributed by atoms with E-state index in [1.165, 1.54) is 89.2 Å². The molecule has 1 nitrogen and oxygen atoms in total. The summed E-state index contributed by atoms with van der Waals surface area (Å²) in [7, 11) is 0. The fourth-order valence-corrected chi connectivity index (χ4v) is 5.76. The van der Waals surface area contributed by atoms with Crippen LogP contribution in [-0.4, -0.2) is 12.5 Å². The lowest BCUT2D eigenvalue weighted by atomic mass is 9.74. The zero-order valence-corrected chi connectivity index (χ0v) is 19.5. The second-order valence-corrected chi connectivity index (χ2v) is 10.2. The van der Waals surface area contributed by atoms with Crippen LogP contribution in [0.25, 0.3) is 0 Å². The van der Waals surface area contributed by atoms with E-state index in [1.807, 2.05) is 0 Å². The predicted octanol–water partition coefficient (Wildman–Crippen LogP) is 9.36. The summed E-state index contributed by atoms with van der Waals surface area (Å²) in [4.78, 5) is 0. The number of benzene rings is 1. The van der Waals surface area contributed by atoms with Crippen LogP contribution in [0, 0.1) is 17.8 Å². The number of hydrogen-bond donors (Lipinski definition) is 0. The third kappa shape index (κ3) is 7.66. The van der Waals surface area contributed by atoms with Gasteiger partial charge < -0.3 is 4.74 Å². The van der Waals surface area contributed by atoms with Crippen molar-refractivity contribution < 1.29 is 22.3 Å². The van der Waals surface area contributed by atoms with Gasteiger partial charge >= 0.3 is 12.5 Å². The number of halogens is 4. The molecule has 0 radical (unpaired) electrons. The Morgan fingerprint density at radius 3 is 1.78 bits per heavy atom. The molecule has 0 aliphatic heterocycles. The summed E-state index contributed by atoms with van der Waals surface area (Å²) in [6, 6.07) is 6.27. The first-order valence-electron chi connectivity index (χ1n) is 12.8. The van der Waals surface area contributed by atoms with Crippen molar-refractivity contribution in [1.29, 1.82) is 0 Å². The SMILES string of the molecule is CCCCCC1CCC(CCC2CCC(c3ccc(OC(F)(F)C(F)F)cc3)CC2)CC1. The fourth-order valence-electron chi connectivity index (χ4n) is 5.76. The third-order valence-corrected chi connectivity index (χ3v) is 7.87. The maximum absolute atomic E-state index is 13.0. The summed E-state index contributed by atoms with van der Waals surface area (Å²) in [5, 5.41) is 0. The normalized spacial score (nSPS) is 26.9. The average Bonchev–Trinajstić information content (AvgIpc) is 2.79. The van der Waals surface area contributed by atoms with E-state index < -0.39 is 12.5 Å². The van der Waals surface area contributed by atoms with Crippen molar-refractivity contribution in [1.82, 2.24) is 0 Å². The van der Waals surface area contributed by atoms with Crippen LogP contribution in [0.4, 0.5) is 17.6 Å².